The molecule has 1 aromatic rings. The zero-order valence-corrected chi connectivity index (χ0v) is 10.9. The molecule has 1 aliphatic carbocycles. The van der Waals surface area contributed by atoms with Crippen LogP contribution in [0.3, 0.4) is 0 Å². The summed E-state index contributed by atoms with van der Waals surface area (Å²) in [4.78, 5) is 11.8. The average molecular weight is 271 g/mol. The minimum atomic E-state index is -0.394. The van der Waals surface area contributed by atoms with E-state index >= 15 is 0 Å². The number of carbonyl (C=O) groups is 1. The topological polar surface area (TPSA) is 26.3 Å². The highest BCUT2D eigenvalue weighted by Crippen LogP contribution is 2.27. The highest BCUT2D eigenvalue weighted by molar-refractivity contribution is 6.32. The number of ketones is 1. The lowest BCUT2D eigenvalue weighted by Crippen LogP contribution is -2.14. The number of benzene rings is 1. The van der Waals surface area contributed by atoms with Gasteiger partial charge in [-0.2, -0.15) is 0 Å². The largest absolute Gasteiger partial charge is 0.492 e. The number of rotatable bonds is 5. The van der Waals surface area contributed by atoms with Crippen LogP contribution in [0.4, 0.5) is 4.39 Å². The van der Waals surface area contributed by atoms with Gasteiger partial charge in [0.05, 0.1) is 11.6 Å². The van der Waals surface area contributed by atoms with Gasteiger partial charge in [0.2, 0.25) is 0 Å². The molecular weight excluding hydrogens is 255 g/mol. The van der Waals surface area contributed by atoms with Crippen LogP contribution in [0.15, 0.2) is 18.2 Å². The van der Waals surface area contributed by atoms with Gasteiger partial charge >= 0.3 is 0 Å². The third-order valence-corrected chi connectivity index (χ3v) is 3.61. The summed E-state index contributed by atoms with van der Waals surface area (Å²) in [6.45, 7) is 0.306. The summed E-state index contributed by atoms with van der Waals surface area (Å²) < 4.78 is 18.2. The van der Waals surface area contributed by atoms with Crippen LogP contribution in [-0.2, 0) is 4.79 Å². The fourth-order valence-electron chi connectivity index (χ4n) is 2.31. The molecule has 2 nitrogen and oxygen atoms in total. The standard InChI is InChI=1S/C14H16ClFO2/c15-12-9-11(16)5-6-14(12)18-8-7-13(17)10-3-1-2-4-10/h5-6,9-10H,1-4,7-8H2. The van der Waals surface area contributed by atoms with Crippen LogP contribution in [-0.4, -0.2) is 12.4 Å². The molecule has 1 saturated carbocycles. The molecule has 0 aliphatic heterocycles. The van der Waals surface area contributed by atoms with Crippen LogP contribution >= 0.6 is 11.6 Å². The number of halogens is 2. The van der Waals surface area contributed by atoms with E-state index in [9.17, 15) is 9.18 Å². The third-order valence-electron chi connectivity index (χ3n) is 3.31. The van der Waals surface area contributed by atoms with Crippen molar-refractivity contribution in [2.45, 2.75) is 32.1 Å². The third kappa shape index (κ3) is 3.45. The van der Waals surface area contributed by atoms with E-state index in [0.29, 0.717) is 18.8 Å². The molecule has 0 radical (unpaired) electrons. The van der Waals surface area contributed by atoms with Gasteiger partial charge in [-0.05, 0) is 31.0 Å². The molecule has 1 fully saturated rings. The Labute approximate surface area is 111 Å². The predicted octanol–water partition coefficient (Wildman–Crippen LogP) is 4.01. The molecular formula is C14H16ClFO2. The number of ether oxygens (including phenoxy) is 1. The minimum Gasteiger partial charge on any atom is -0.492 e. The van der Waals surface area contributed by atoms with Crippen molar-refractivity contribution in [3.8, 4) is 5.75 Å². The molecule has 0 aromatic heterocycles. The Morgan fingerprint density at radius 1 is 1.39 bits per heavy atom. The molecule has 0 unspecified atom stereocenters. The zero-order chi connectivity index (χ0) is 13.0. The van der Waals surface area contributed by atoms with E-state index in [1.54, 1.807) is 0 Å². The molecule has 98 valence electrons. The van der Waals surface area contributed by atoms with Gasteiger partial charge in [-0.15, -0.1) is 0 Å². The summed E-state index contributed by atoms with van der Waals surface area (Å²) in [5.41, 5.74) is 0. The lowest BCUT2D eigenvalue weighted by Gasteiger charge is -2.10. The van der Waals surface area contributed by atoms with E-state index in [0.717, 1.165) is 25.7 Å². The molecule has 18 heavy (non-hydrogen) atoms. The van der Waals surface area contributed by atoms with E-state index < -0.39 is 5.82 Å². The molecule has 0 saturated heterocycles. The first-order valence-corrected chi connectivity index (χ1v) is 6.65. The lowest BCUT2D eigenvalue weighted by molar-refractivity contribution is -0.123. The first kappa shape index (κ1) is 13.3. The van der Waals surface area contributed by atoms with Gasteiger partial charge in [-0.25, -0.2) is 4.39 Å². The minimum absolute atomic E-state index is 0.220. The van der Waals surface area contributed by atoms with Crippen molar-refractivity contribution in [3.63, 3.8) is 0 Å². The second kappa shape index (κ2) is 6.19. The van der Waals surface area contributed by atoms with Crippen LogP contribution in [0.25, 0.3) is 0 Å². The Balaban J connectivity index is 1.79. The summed E-state index contributed by atoms with van der Waals surface area (Å²) in [5, 5.41) is 0.239. The smallest absolute Gasteiger partial charge is 0.139 e. The lowest BCUT2D eigenvalue weighted by atomic mass is 10.0. The Morgan fingerprint density at radius 3 is 2.78 bits per heavy atom. The van der Waals surface area contributed by atoms with Gasteiger partial charge in [0.25, 0.3) is 0 Å². The molecule has 0 spiro atoms. The van der Waals surface area contributed by atoms with Crippen molar-refractivity contribution in [3.05, 3.63) is 29.0 Å². The molecule has 0 amide bonds. The Bertz CT molecular complexity index is 428. The van der Waals surface area contributed by atoms with Crippen molar-refractivity contribution >= 4 is 17.4 Å². The first-order valence-electron chi connectivity index (χ1n) is 6.27. The molecule has 0 heterocycles. The van der Waals surface area contributed by atoms with Crippen LogP contribution in [0.5, 0.6) is 5.75 Å². The van der Waals surface area contributed by atoms with Gasteiger partial charge < -0.3 is 4.74 Å². The predicted molar refractivity (Wildman–Crippen MR) is 68.5 cm³/mol. The van der Waals surface area contributed by atoms with Crippen molar-refractivity contribution in [2.75, 3.05) is 6.61 Å². The van der Waals surface area contributed by atoms with Crippen LogP contribution in [0, 0.1) is 11.7 Å². The molecule has 4 heteroatoms. The Hall–Kier alpha value is -1.09. The molecule has 1 aliphatic rings. The maximum atomic E-state index is 12.8. The molecule has 0 N–H and O–H groups in total. The monoisotopic (exact) mass is 270 g/mol. The SMILES string of the molecule is O=C(CCOc1ccc(F)cc1Cl)C1CCCC1. The van der Waals surface area contributed by atoms with Crippen molar-refractivity contribution in [1.82, 2.24) is 0 Å². The normalized spacial score (nSPS) is 15.9. The molecule has 2 rings (SSSR count). The van der Waals surface area contributed by atoms with Gasteiger partial charge in [0.15, 0.2) is 0 Å². The summed E-state index contributed by atoms with van der Waals surface area (Å²) in [7, 11) is 0. The molecule has 0 atom stereocenters. The fraction of sp³-hybridized carbons (Fsp3) is 0.500. The zero-order valence-electron chi connectivity index (χ0n) is 10.1. The van der Waals surface area contributed by atoms with E-state index in [2.05, 4.69) is 0 Å². The highest BCUT2D eigenvalue weighted by atomic mass is 35.5. The van der Waals surface area contributed by atoms with Gasteiger partial charge in [0.1, 0.15) is 17.3 Å². The van der Waals surface area contributed by atoms with Crippen molar-refractivity contribution in [1.29, 1.82) is 0 Å². The first-order chi connectivity index (χ1) is 8.66. The maximum absolute atomic E-state index is 12.8. The average Bonchev–Trinajstić information content (AvgIpc) is 2.85. The summed E-state index contributed by atoms with van der Waals surface area (Å²) in [6, 6.07) is 3.98. The van der Waals surface area contributed by atoms with Crippen molar-refractivity contribution in [2.24, 2.45) is 5.92 Å². The highest BCUT2D eigenvalue weighted by Gasteiger charge is 2.22. The van der Waals surface area contributed by atoms with Crippen molar-refractivity contribution < 1.29 is 13.9 Å². The van der Waals surface area contributed by atoms with E-state index in [1.165, 1.54) is 18.2 Å². The van der Waals surface area contributed by atoms with E-state index in [1.807, 2.05) is 0 Å². The second-order valence-corrected chi connectivity index (χ2v) is 5.03. The van der Waals surface area contributed by atoms with Crippen LogP contribution in [0.2, 0.25) is 5.02 Å². The second-order valence-electron chi connectivity index (χ2n) is 4.62. The number of Topliss-reactive ketones (excluding diaryl/α,β-unsaturated/α-hetero) is 1. The molecule has 1 aromatic carbocycles. The summed E-state index contributed by atoms with van der Waals surface area (Å²) >= 11 is 5.82. The number of carbonyl (C=O) groups excluding carboxylic acids is 1. The summed E-state index contributed by atoms with van der Waals surface area (Å²) in [5.74, 6) is 0.523. The van der Waals surface area contributed by atoms with E-state index in [4.69, 9.17) is 16.3 Å². The maximum Gasteiger partial charge on any atom is 0.139 e. The van der Waals surface area contributed by atoms with Gasteiger partial charge in [-0.3, -0.25) is 4.79 Å². The summed E-state index contributed by atoms with van der Waals surface area (Å²) in [6.07, 6.45) is 4.73. The van der Waals surface area contributed by atoms with E-state index in [-0.39, 0.29) is 16.7 Å². The fourth-order valence-corrected chi connectivity index (χ4v) is 2.53. The van der Waals surface area contributed by atoms with Gasteiger partial charge in [-0.1, -0.05) is 24.4 Å². The number of hydrogen-bond donors (Lipinski definition) is 0. The molecule has 0 bridgehead atoms. The Morgan fingerprint density at radius 2 is 2.11 bits per heavy atom. The number of hydrogen-bond acceptors (Lipinski definition) is 2. The van der Waals surface area contributed by atoms with Gasteiger partial charge in [0, 0.05) is 12.3 Å². The Kier molecular flexibility index (Phi) is 4.59. The van der Waals surface area contributed by atoms with Crippen LogP contribution in [0.1, 0.15) is 32.1 Å². The quantitative estimate of drug-likeness (QED) is 0.808. The van der Waals surface area contributed by atoms with Crippen LogP contribution < -0.4 is 4.74 Å².